The van der Waals surface area contributed by atoms with E-state index >= 15 is 0 Å². The number of hydrogen-bond acceptors (Lipinski definition) is 2. The number of fused-ring (bicyclic) bond motifs is 1. The Kier molecular flexibility index (Phi) is 3.10. The zero-order chi connectivity index (χ0) is 12.5. The van der Waals surface area contributed by atoms with E-state index in [0.717, 1.165) is 41.6 Å². The SMILES string of the molecule is CNCc1nc(-c2ccc(Cl)cc2)c2n1CCC2. The Labute approximate surface area is 112 Å². The molecule has 2 heterocycles. The Bertz CT molecular complexity index is 557. The van der Waals surface area contributed by atoms with Crippen LogP contribution >= 0.6 is 11.6 Å². The largest absolute Gasteiger partial charge is 0.330 e. The van der Waals surface area contributed by atoms with Gasteiger partial charge in [-0.1, -0.05) is 23.7 Å². The molecular weight excluding hydrogens is 246 g/mol. The third kappa shape index (κ3) is 1.93. The molecule has 1 aliphatic rings. The summed E-state index contributed by atoms with van der Waals surface area (Å²) in [6.45, 7) is 1.91. The van der Waals surface area contributed by atoms with Crippen LogP contribution in [0.5, 0.6) is 0 Å². The summed E-state index contributed by atoms with van der Waals surface area (Å²) in [5.41, 5.74) is 3.64. The van der Waals surface area contributed by atoms with Crippen LogP contribution in [-0.2, 0) is 19.5 Å². The molecular formula is C14H16ClN3. The molecule has 2 aromatic rings. The van der Waals surface area contributed by atoms with Crippen molar-refractivity contribution in [3.8, 4) is 11.3 Å². The summed E-state index contributed by atoms with van der Waals surface area (Å²) in [6.07, 6.45) is 2.34. The third-order valence-corrected chi connectivity index (χ3v) is 3.65. The Morgan fingerprint density at radius 2 is 2.11 bits per heavy atom. The van der Waals surface area contributed by atoms with Crippen molar-refractivity contribution in [2.75, 3.05) is 7.05 Å². The van der Waals surface area contributed by atoms with Gasteiger partial charge in [0, 0.05) is 22.8 Å². The van der Waals surface area contributed by atoms with Gasteiger partial charge in [0.2, 0.25) is 0 Å². The molecule has 0 saturated heterocycles. The van der Waals surface area contributed by atoms with E-state index in [1.807, 2.05) is 31.3 Å². The quantitative estimate of drug-likeness (QED) is 0.921. The molecule has 0 saturated carbocycles. The fourth-order valence-electron chi connectivity index (χ4n) is 2.59. The highest BCUT2D eigenvalue weighted by Crippen LogP contribution is 2.30. The normalized spacial score (nSPS) is 13.9. The summed E-state index contributed by atoms with van der Waals surface area (Å²) in [7, 11) is 1.96. The molecule has 0 aliphatic carbocycles. The molecule has 1 aromatic carbocycles. The van der Waals surface area contributed by atoms with Crippen molar-refractivity contribution in [2.24, 2.45) is 0 Å². The van der Waals surface area contributed by atoms with Crippen LogP contribution in [0.4, 0.5) is 0 Å². The van der Waals surface area contributed by atoms with Crippen LogP contribution < -0.4 is 5.32 Å². The smallest absolute Gasteiger partial charge is 0.123 e. The molecule has 0 spiro atoms. The van der Waals surface area contributed by atoms with Gasteiger partial charge in [-0.15, -0.1) is 0 Å². The van der Waals surface area contributed by atoms with Gasteiger partial charge in [0.15, 0.2) is 0 Å². The van der Waals surface area contributed by atoms with Crippen LogP contribution in [0.25, 0.3) is 11.3 Å². The van der Waals surface area contributed by atoms with Gasteiger partial charge >= 0.3 is 0 Å². The summed E-state index contributed by atoms with van der Waals surface area (Å²) in [5.74, 6) is 1.13. The van der Waals surface area contributed by atoms with Crippen molar-refractivity contribution < 1.29 is 0 Å². The molecule has 94 valence electrons. The highest BCUT2D eigenvalue weighted by Gasteiger charge is 2.21. The molecule has 0 fully saturated rings. The molecule has 0 unspecified atom stereocenters. The number of imidazole rings is 1. The van der Waals surface area contributed by atoms with Crippen LogP contribution in [0.3, 0.4) is 0 Å². The predicted molar refractivity (Wildman–Crippen MR) is 73.8 cm³/mol. The second-order valence-corrected chi connectivity index (χ2v) is 5.05. The first-order valence-electron chi connectivity index (χ1n) is 6.28. The Hall–Kier alpha value is -1.32. The summed E-state index contributed by atoms with van der Waals surface area (Å²) in [6, 6.07) is 7.95. The summed E-state index contributed by atoms with van der Waals surface area (Å²) in [4.78, 5) is 4.78. The van der Waals surface area contributed by atoms with Crippen molar-refractivity contribution in [3.63, 3.8) is 0 Å². The maximum Gasteiger partial charge on any atom is 0.123 e. The van der Waals surface area contributed by atoms with Gasteiger partial charge in [-0.2, -0.15) is 0 Å². The fraction of sp³-hybridized carbons (Fsp3) is 0.357. The zero-order valence-corrected chi connectivity index (χ0v) is 11.2. The lowest BCUT2D eigenvalue weighted by Crippen LogP contribution is -2.11. The average Bonchev–Trinajstić information content (AvgIpc) is 2.95. The lowest BCUT2D eigenvalue weighted by Gasteiger charge is -2.02. The van der Waals surface area contributed by atoms with Gasteiger partial charge in [0.25, 0.3) is 0 Å². The van der Waals surface area contributed by atoms with E-state index in [1.54, 1.807) is 0 Å². The topological polar surface area (TPSA) is 29.9 Å². The van der Waals surface area contributed by atoms with E-state index in [1.165, 1.54) is 12.1 Å². The maximum absolute atomic E-state index is 5.94. The van der Waals surface area contributed by atoms with Gasteiger partial charge in [-0.3, -0.25) is 0 Å². The molecule has 0 bridgehead atoms. The number of rotatable bonds is 3. The van der Waals surface area contributed by atoms with Crippen molar-refractivity contribution >= 4 is 11.6 Å². The van der Waals surface area contributed by atoms with Gasteiger partial charge in [-0.25, -0.2) is 4.98 Å². The molecule has 3 rings (SSSR count). The minimum Gasteiger partial charge on any atom is -0.330 e. The van der Waals surface area contributed by atoms with Crippen molar-refractivity contribution in [2.45, 2.75) is 25.9 Å². The monoisotopic (exact) mass is 261 g/mol. The Morgan fingerprint density at radius 1 is 1.33 bits per heavy atom. The maximum atomic E-state index is 5.94. The van der Waals surface area contributed by atoms with Crippen LogP contribution in [0.15, 0.2) is 24.3 Å². The Balaban J connectivity index is 2.07. The second kappa shape index (κ2) is 4.75. The molecule has 3 nitrogen and oxygen atoms in total. The highest BCUT2D eigenvalue weighted by molar-refractivity contribution is 6.30. The third-order valence-electron chi connectivity index (χ3n) is 3.40. The molecule has 4 heteroatoms. The molecule has 0 radical (unpaired) electrons. The van der Waals surface area contributed by atoms with E-state index in [4.69, 9.17) is 16.6 Å². The van der Waals surface area contributed by atoms with Crippen molar-refractivity contribution in [1.82, 2.24) is 14.9 Å². The molecule has 1 aliphatic heterocycles. The number of nitrogens with one attached hydrogen (secondary N) is 1. The lowest BCUT2D eigenvalue weighted by molar-refractivity contribution is 0.653. The molecule has 18 heavy (non-hydrogen) atoms. The lowest BCUT2D eigenvalue weighted by atomic mass is 10.1. The first-order chi connectivity index (χ1) is 8.79. The van der Waals surface area contributed by atoms with Crippen LogP contribution in [0.2, 0.25) is 5.02 Å². The molecule has 1 aromatic heterocycles. The zero-order valence-electron chi connectivity index (χ0n) is 10.4. The fourth-order valence-corrected chi connectivity index (χ4v) is 2.72. The second-order valence-electron chi connectivity index (χ2n) is 4.62. The first-order valence-corrected chi connectivity index (χ1v) is 6.66. The summed E-state index contributed by atoms with van der Waals surface area (Å²) < 4.78 is 2.35. The Morgan fingerprint density at radius 3 is 2.83 bits per heavy atom. The van der Waals surface area contributed by atoms with Crippen LogP contribution in [0, 0.1) is 0 Å². The van der Waals surface area contributed by atoms with Crippen molar-refractivity contribution in [3.05, 3.63) is 40.8 Å². The van der Waals surface area contributed by atoms with Crippen LogP contribution in [0.1, 0.15) is 17.9 Å². The summed E-state index contributed by atoms with van der Waals surface area (Å²) >= 11 is 5.94. The number of nitrogens with zero attached hydrogens (tertiary/aromatic N) is 2. The van der Waals surface area contributed by atoms with Gasteiger partial charge < -0.3 is 9.88 Å². The van der Waals surface area contributed by atoms with E-state index in [9.17, 15) is 0 Å². The number of benzene rings is 1. The minimum atomic E-state index is 0.769. The number of hydrogen-bond donors (Lipinski definition) is 1. The van der Waals surface area contributed by atoms with Gasteiger partial charge in [0.05, 0.1) is 12.2 Å². The predicted octanol–water partition coefficient (Wildman–Crippen LogP) is 2.87. The van der Waals surface area contributed by atoms with Gasteiger partial charge in [0.1, 0.15) is 5.82 Å². The standard InChI is InChI=1S/C14H16ClN3/c1-16-9-13-17-14(12-3-2-8-18(12)13)10-4-6-11(15)7-5-10/h4-7,16H,2-3,8-9H2,1H3. The molecule has 0 atom stereocenters. The number of halogens is 1. The average molecular weight is 262 g/mol. The van der Waals surface area contributed by atoms with E-state index < -0.39 is 0 Å². The van der Waals surface area contributed by atoms with E-state index in [0.29, 0.717) is 0 Å². The molecule has 0 amide bonds. The van der Waals surface area contributed by atoms with Gasteiger partial charge in [-0.05, 0) is 32.0 Å². The molecule has 1 N–H and O–H groups in total. The highest BCUT2D eigenvalue weighted by atomic mass is 35.5. The first kappa shape index (κ1) is 11.8. The van der Waals surface area contributed by atoms with Crippen LogP contribution in [-0.4, -0.2) is 16.6 Å². The number of aromatic nitrogens is 2. The van der Waals surface area contributed by atoms with Crippen molar-refractivity contribution in [1.29, 1.82) is 0 Å². The van der Waals surface area contributed by atoms with E-state index in [-0.39, 0.29) is 0 Å². The van der Waals surface area contributed by atoms with E-state index in [2.05, 4.69) is 9.88 Å². The minimum absolute atomic E-state index is 0.769. The summed E-state index contributed by atoms with van der Waals surface area (Å²) in [5, 5.41) is 3.95.